The Morgan fingerprint density at radius 2 is 1.78 bits per heavy atom. The molecule has 3 aromatic rings. The van der Waals surface area contributed by atoms with Crippen molar-refractivity contribution < 1.29 is 17.9 Å². The second kappa shape index (κ2) is 6.71. The van der Waals surface area contributed by atoms with Crippen LogP contribution in [0.1, 0.15) is 11.9 Å². The largest absolute Gasteiger partial charge is 0.485 e. The SMILES string of the molecule is Nc1nc([C@H]2COc3ccccc3O2)ncc1S(=O)(=O)c1ccc(Cl)cc1. The van der Waals surface area contributed by atoms with Crippen molar-refractivity contribution in [3.63, 3.8) is 0 Å². The Hall–Kier alpha value is -2.84. The van der Waals surface area contributed by atoms with Gasteiger partial charge in [-0.1, -0.05) is 23.7 Å². The summed E-state index contributed by atoms with van der Waals surface area (Å²) in [7, 11) is -3.86. The Labute approximate surface area is 160 Å². The van der Waals surface area contributed by atoms with Crippen LogP contribution in [0.5, 0.6) is 11.5 Å². The number of nitrogen functional groups attached to an aromatic ring is 1. The van der Waals surface area contributed by atoms with Crippen molar-refractivity contribution in [2.24, 2.45) is 0 Å². The molecule has 2 aromatic carbocycles. The summed E-state index contributed by atoms with van der Waals surface area (Å²) in [4.78, 5) is 8.16. The number of nitrogens with two attached hydrogens (primary N) is 1. The third-order valence-corrected chi connectivity index (χ3v) is 6.05. The molecule has 0 saturated heterocycles. The molecule has 27 heavy (non-hydrogen) atoms. The van der Waals surface area contributed by atoms with Crippen molar-refractivity contribution >= 4 is 27.3 Å². The summed E-state index contributed by atoms with van der Waals surface area (Å²) in [5.74, 6) is 1.28. The van der Waals surface area contributed by atoms with E-state index in [1.807, 2.05) is 12.1 Å². The van der Waals surface area contributed by atoms with Crippen molar-refractivity contribution in [3.05, 3.63) is 65.6 Å². The third-order valence-electron chi connectivity index (χ3n) is 4.01. The lowest BCUT2D eigenvalue weighted by molar-refractivity contribution is 0.0850. The molecule has 1 atom stereocenters. The molecular formula is C18H14ClN3O4S. The fraction of sp³-hybridized carbons (Fsp3) is 0.111. The van der Waals surface area contributed by atoms with Crippen LogP contribution in [0, 0.1) is 0 Å². The molecule has 0 spiro atoms. The highest BCUT2D eigenvalue weighted by molar-refractivity contribution is 7.91. The zero-order valence-electron chi connectivity index (χ0n) is 13.9. The molecule has 4 rings (SSSR count). The number of nitrogens with zero attached hydrogens (tertiary/aromatic N) is 2. The van der Waals surface area contributed by atoms with E-state index in [0.717, 1.165) is 0 Å². The molecule has 1 aromatic heterocycles. The van der Waals surface area contributed by atoms with Gasteiger partial charge in [0.05, 0.1) is 11.1 Å². The number of fused-ring (bicyclic) bond motifs is 1. The first-order valence-corrected chi connectivity index (χ1v) is 9.83. The number of anilines is 1. The molecule has 138 valence electrons. The van der Waals surface area contributed by atoms with E-state index in [9.17, 15) is 8.42 Å². The molecule has 1 aliphatic rings. The molecule has 1 aliphatic heterocycles. The van der Waals surface area contributed by atoms with Gasteiger partial charge in [-0.3, -0.25) is 0 Å². The predicted molar refractivity (Wildman–Crippen MR) is 98.7 cm³/mol. The predicted octanol–water partition coefficient (Wildman–Crippen LogP) is 3.06. The number of para-hydroxylation sites is 2. The summed E-state index contributed by atoms with van der Waals surface area (Å²) in [6.45, 7) is 0.194. The van der Waals surface area contributed by atoms with Gasteiger partial charge in [0, 0.05) is 5.02 Å². The maximum Gasteiger partial charge on any atom is 0.211 e. The molecule has 0 amide bonds. The van der Waals surface area contributed by atoms with Gasteiger partial charge in [-0.2, -0.15) is 0 Å². The Balaban J connectivity index is 1.65. The number of halogens is 1. The molecule has 7 nitrogen and oxygen atoms in total. The summed E-state index contributed by atoms with van der Waals surface area (Å²) in [6.07, 6.45) is 0.598. The van der Waals surface area contributed by atoms with E-state index in [4.69, 9.17) is 26.8 Å². The summed E-state index contributed by atoms with van der Waals surface area (Å²) in [5, 5.41) is 0.434. The number of sulfone groups is 1. The highest BCUT2D eigenvalue weighted by Gasteiger charge is 2.28. The van der Waals surface area contributed by atoms with Crippen molar-refractivity contribution in [1.82, 2.24) is 9.97 Å². The van der Waals surface area contributed by atoms with Gasteiger partial charge < -0.3 is 15.2 Å². The monoisotopic (exact) mass is 403 g/mol. The van der Waals surface area contributed by atoms with Crippen molar-refractivity contribution in [1.29, 1.82) is 0 Å². The number of aromatic nitrogens is 2. The fourth-order valence-electron chi connectivity index (χ4n) is 2.65. The van der Waals surface area contributed by atoms with E-state index in [1.54, 1.807) is 12.1 Å². The van der Waals surface area contributed by atoms with E-state index >= 15 is 0 Å². The minimum atomic E-state index is -3.86. The lowest BCUT2D eigenvalue weighted by Gasteiger charge is -2.25. The number of rotatable bonds is 3. The van der Waals surface area contributed by atoms with Crippen molar-refractivity contribution in [2.75, 3.05) is 12.3 Å². The third kappa shape index (κ3) is 3.29. The van der Waals surface area contributed by atoms with Gasteiger partial charge in [0.15, 0.2) is 23.4 Å². The van der Waals surface area contributed by atoms with Crippen LogP contribution in [0.2, 0.25) is 5.02 Å². The van der Waals surface area contributed by atoms with Crippen LogP contribution in [0.4, 0.5) is 5.82 Å². The maximum absolute atomic E-state index is 12.8. The topological polar surface area (TPSA) is 104 Å². The van der Waals surface area contributed by atoms with Gasteiger partial charge in [0.2, 0.25) is 9.84 Å². The first-order chi connectivity index (χ1) is 12.9. The lowest BCUT2D eigenvalue weighted by Crippen LogP contribution is -2.24. The van der Waals surface area contributed by atoms with Gasteiger partial charge in [0.1, 0.15) is 17.3 Å². The molecule has 2 N–H and O–H groups in total. The standard InChI is InChI=1S/C18H14ClN3O4S/c19-11-5-7-12(8-6-11)27(23,24)16-9-21-18(22-17(16)20)15-10-25-13-3-1-2-4-14(13)26-15/h1-9,15H,10H2,(H2,20,21,22)/t15-/m1/s1. The van der Waals surface area contributed by atoms with Crippen LogP contribution < -0.4 is 15.2 Å². The molecule has 0 fully saturated rings. The number of hydrogen-bond donors (Lipinski definition) is 1. The van der Waals surface area contributed by atoms with E-state index in [0.29, 0.717) is 16.5 Å². The van der Waals surface area contributed by atoms with Gasteiger partial charge in [-0.25, -0.2) is 18.4 Å². The second-order valence-electron chi connectivity index (χ2n) is 5.80. The normalized spacial score (nSPS) is 16.1. The molecule has 9 heteroatoms. The average molecular weight is 404 g/mol. The van der Waals surface area contributed by atoms with Crippen LogP contribution in [-0.4, -0.2) is 25.0 Å². The zero-order chi connectivity index (χ0) is 19.0. The summed E-state index contributed by atoms with van der Waals surface area (Å²) >= 11 is 5.81. The lowest BCUT2D eigenvalue weighted by atomic mass is 10.2. The Kier molecular flexibility index (Phi) is 4.37. The first kappa shape index (κ1) is 17.6. The van der Waals surface area contributed by atoms with Crippen LogP contribution in [0.15, 0.2) is 64.5 Å². The average Bonchev–Trinajstić information content (AvgIpc) is 2.67. The smallest absolute Gasteiger partial charge is 0.211 e. The van der Waals surface area contributed by atoms with E-state index in [1.165, 1.54) is 30.5 Å². The van der Waals surface area contributed by atoms with Gasteiger partial charge in [0.25, 0.3) is 0 Å². The Morgan fingerprint density at radius 1 is 1.07 bits per heavy atom. The minimum absolute atomic E-state index is 0.0566. The van der Waals surface area contributed by atoms with E-state index < -0.39 is 15.9 Å². The van der Waals surface area contributed by atoms with Gasteiger partial charge in [-0.05, 0) is 36.4 Å². The number of benzene rings is 2. The molecule has 0 saturated carbocycles. The van der Waals surface area contributed by atoms with E-state index in [2.05, 4.69) is 9.97 Å². The molecular weight excluding hydrogens is 390 g/mol. The van der Waals surface area contributed by atoms with Crippen LogP contribution in [0.3, 0.4) is 0 Å². The molecule has 0 unspecified atom stereocenters. The quantitative estimate of drug-likeness (QED) is 0.716. The highest BCUT2D eigenvalue weighted by Crippen LogP contribution is 2.35. The van der Waals surface area contributed by atoms with Crippen LogP contribution >= 0.6 is 11.6 Å². The van der Waals surface area contributed by atoms with E-state index in [-0.39, 0.29) is 28.0 Å². The van der Waals surface area contributed by atoms with Crippen LogP contribution in [-0.2, 0) is 9.84 Å². The molecule has 0 aliphatic carbocycles. The van der Waals surface area contributed by atoms with Crippen molar-refractivity contribution in [3.8, 4) is 11.5 Å². The summed E-state index contributed by atoms with van der Waals surface area (Å²) < 4.78 is 37.0. The number of ether oxygens (including phenoxy) is 2. The van der Waals surface area contributed by atoms with Gasteiger partial charge in [-0.15, -0.1) is 0 Å². The fourth-order valence-corrected chi connectivity index (χ4v) is 4.03. The Bertz CT molecular complexity index is 1100. The van der Waals surface area contributed by atoms with Gasteiger partial charge >= 0.3 is 0 Å². The molecule has 2 heterocycles. The summed E-state index contributed by atoms with van der Waals surface area (Å²) in [6, 6.07) is 13.0. The Morgan fingerprint density at radius 3 is 2.48 bits per heavy atom. The van der Waals surface area contributed by atoms with Crippen molar-refractivity contribution in [2.45, 2.75) is 15.9 Å². The molecule has 0 radical (unpaired) electrons. The maximum atomic E-state index is 12.8. The zero-order valence-corrected chi connectivity index (χ0v) is 15.4. The first-order valence-electron chi connectivity index (χ1n) is 7.97. The number of hydrogen-bond acceptors (Lipinski definition) is 7. The summed E-state index contributed by atoms with van der Waals surface area (Å²) in [5.41, 5.74) is 5.92. The second-order valence-corrected chi connectivity index (χ2v) is 8.15. The van der Waals surface area contributed by atoms with Crippen LogP contribution in [0.25, 0.3) is 0 Å². The minimum Gasteiger partial charge on any atom is -0.485 e. The molecule has 0 bridgehead atoms. The highest BCUT2D eigenvalue weighted by atomic mass is 35.5.